The molecule has 0 aliphatic carbocycles. The van der Waals surface area contributed by atoms with Gasteiger partial charge in [0.15, 0.2) is 0 Å². The Balaban J connectivity index is 2.77. The Labute approximate surface area is 99.3 Å². The maximum absolute atomic E-state index is 11.4. The summed E-state index contributed by atoms with van der Waals surface area (Å²) < 4.78 is 26.1. The summed E-state index contributed by atoms with van der Waals surface area (Å²) in [6.45, 7) is -0.0539. The fourth-order valence-electron chi connectivity index (χ4n) is 1.00. The quantitative estimate of drug-likeness (QED) is 0.754. The van der Waals surface area contributed by atoms with Crippen molar-refractivity contribution in [2.24, 2.45) is 0 Å². The van der Waals surface area contributed by atoms with Gasteiger partial charge in [0.05, 0.1) is 17.8 Å². The van der Waals surface area contributed by atoms with Crippen molar-refractivity contribution in [1.82, 2.24) is 14.0 Å². The molecular weight excluding hydrogens is 246 g/mol. The molecule has 0 aliphatic heterocycles. The van der Waals surface area contributed by atoms with Crippen LogP contribution in [0.15, 0.2) is 18.3 Å². The molecule has 1 rings (SSSR count). The van der Waals surface area contributed by atoms with Crippen molar-refractivity contribution < 1.29 is 18.3 Å². The van der Waals surface area contributed by atoms with Gasteiger partial charge in [-0.2, -0.15) is 17.4 Å². The second kappa shape index (κ2) is 5.21. The Kier molecular flexibility index (Phi) is 4.16. The Hall–Kier alpha value is -1.51. The molecule has 2 N–H and O–H groups in total. The van der Waals surface area contributed by atoms with Gasteiger partial charge in [-0.1, -0.05) is 0 Å². The molecule has 0 saturated heterocycles. The van der Waals surface area contributed by atoms with Crippen molar-refractivity contribution in [2.75, 3.05) is 14.1 Å². The first-order chi connectivity index (χ1) is 7.83. The Morgan fingerprint density at radius 1 is 1.53 bits per heavy atom. The van der Waals surface area contributed by atoms with Crippen LogP contribution in [0.5, 0.6) is 0 Å². The lowest BCUT2D eigenvalue weighted by atomic mass is 10.2. The third kappa shape index (κ3) is 3.77. The number of nitrogens with one attached hydrogen (secondary N) is 1. The predicted octanol–water partition coefficient (Wildman–Crippen LogP) is -0.324. The van der Waals surface area contributed by atoms with E-state index in [1.54, 1.807) is 0 Å². The fraction of sp³-hybridized carbons (Fsp3) is 0.333. The van der Waals surface area contributed by atoms with Crippen LogP contribution in [0.1, 0.15) is 16.1 Å². The molecule has 0 fully saturated rings. The number of nitrogens with zero attached hydrogens (tertiary/aromatic N) is 2. The number of carboxylic acid groups (broad SMARTS) is 1. The van der Waals surface area contributed by atoms with E-state index in [9.17, 15) is 13.2 Å². The van der Waals surface area contributed by atoms with E-state index in [0.29, 0.717) is 5.69 Å². The molecule has 1 aromatic heterocycles. The molecule has 0 aromatic carbocycles. The number of hydrogen-bond acceptors (Lipinski definition) is 4. The van der Waals surface area contributed by atoms with Crippen LogP contribution in [-0.2, 0) is 16.8 Å². The Morgan fingerprint density at radius 3 is 2.71 bits per heavy atom. The molecule has 0 spiro atoms. The van der Waals surface area contributed by atoms with E-state index in [-0.39, 0.29) is 12.1 Å². The Morgan fingerprint density at radius 2 is 2.18 bits per heavy atom. The van der Waals surface area contributed by atoms with Gasteiger partial charge in [-0.15, -0.1) is 0 Å². The number of pyridine rings is 1. The number of carboxylic acids is 1. The SMILES string of the molecule is CN(C)S(=O)(=O)NCc1cc(C(=O)O)ccn1. The highest BCUT2D eigenvalue weighted by molar-refractivity contribution is 7.87. The molecule has 0 radical (unpaired) electrons. The number of rotatable bonds is 5. The molecule has 94 valence electrons. The van der Waals surface area contributed by atoms with Crippen LogP contribution < -0.4 is 4.72 Å². The number of hydrogen-bond donors (Lipinski definition) is 2. The normalized spacial score (nSPS) is 11.7. The predicted molar refractivity (Wildman–Crippen MR) is 60.6 cm³/mol. The average Bonchev–Trinajstić information content (AvgIpc) is 2.26. The summed E-state index contributed by atoms with van der Waals surface area (Å²) in [5, 5.41) is 8.75. The van der Waals surface area contributed by atoms with Crippen LogP contribution in [0.4, 0.5) is 0 Å². The molecule has 1 aromatic rings. The van der Waals surface area contributed by atoms with Gasteiger partial charge in [0, 0.05) is 20.3 Å². The van der Waals surface area contributed by atoms with Crippen LogP contribution in [0.2, 0.25) is 0 Å². The molecule has 0 atom stereocenters. The summed E-state index contributed by atoms with van der Waals surface area (Å²) in [7, 11) is -0.749. The van der Waals surface area contributed by atoms with E-state index in [4.69, 9.17) is 5.11 Å². The minimum absolute atomic E-state index is 0.0539. The first-order valence-corrected chi connectivity index (χ1v) is 6.12. The first-order valence-electron chi connectivity index (χ1n) is 4.68. The monoisotopic (exact) mass is 259 g/mol. The zero-order chi connectivity index (χ0) is 13.1. The summed E-state index contributed by atoms with van der Waals surface area (Å²) in [6.07, 6.45) is 1.32. The summed E-state index contributed by atoms with van der Waals surface area (Å²) in [5.41, 5.74) is 0.411. The smallest absolute Gasteiger partial charge is 0.335 e. The average molecular weight is 259 g/mol. The molecule has 0 saturated carbocycles. The van der Waals surface area contributed by atoms with E-state index in [2.05, 4.69) is 9.71 Å². The lowest BCUT2D eigenvalue weighted by molar-refractivity contribution is 0.0696. The highest BCUT2D eigenvalue weighted by atomic mass is 32.2. The van der Waals surface area contributed by atoms with Gasteiger partial charge in [0.25, 0.3) is 10.2 Å². The van der Waals surface area contributed by atoms with Crippen molar-refractivity contribution in [3.8, 4) is 0 Å². The van der Waals surface area contributed by atoms with Gasteiger partial charge < -0.3 is 5.11 Å². The summed E-state index contributed by atoms with van der Waals surface area (Å²) in [4.78, 5) is 14.6. The first kappa shape index (κ1) is 13.6. The van der Waals surface area contributed by atoms with Crippen LogP contribution in [0.3, 0.4) is 0 Å². The molecule has 0 unspecified atom stereocenters. The van der Waals surface area contributed by atoms with Crippen molar-refractivity contribution in [3.05, 3.63) is 29.6 Å². The zero-order valence-electron chi connectivity index (χ0n) is 9.41. The minimum atomic E-state index is -3.53. The molecule has 17 heavy (non-hydrogen) atoms. The third-order valence-electron chi connectivity index (χ3n) is 1.98. The van der Waals surface area contributed by atoms with E-state index < -0.39 is 16.2 Å². The molecule has 7 nitrogen and oxygen atoms in total. The Bertz CT molecular complexity index is 513. The largest absolute Gasteiger partial charge is 0.478 e. The molecule has 1 heterocycles. The number of aromatic carboxylic acids is 1. The highest BCUT2D eigenvalue weighted by Gasteiger charge is 2.13. The summed E-state index contributed by atoms with van der Waals surface area (Å²) >= 11 is 0. The fourth-order valence-corrected chi connectivity index (χ4v) is 1.59. The van der Waals surface area contributed by atoms with Crippen LogP contribution in [-0.4, -0.2) is 42.9 Å². The van der Waals surface area contributed by atoms with Crippen molar-refractivity contribution >= 4 is 16.2 Å². The summed E-state index contributed by atoms with van der Waals surface area (Å²) in [6, 6.07) is 2.66. The number of aromatic nitrogens is 1. The highest BCUT2D eigenvalue weighted by Crippen LogP contribution is 2.02. The van der Waals surface area contributed by atoms with Crippen molar-refractivity contribution in [3.63, 3.8) is 0 Å². The molecule has 0 amide bonds. The van der Waals surface area contributed by atoms with Gasteiger partial charge in [-0.3, -0.25) is 4.98 Å². The van der Waals surface area contributed by atoms with E-state index in [1.807, 2.05) is 0 Å². The second-order valence-electron chi connectivity index (χ2n) is 3.45. The van der Waals surface area contributed by atoms with Crippen molar-refractivity contribution in [1.29, 1.82) is 0 Å². The van der Waals surface area contributed by atoms with Gasteiger partial charge >= 0.3 is 5.97 Å². The lowest BCUT2D eigenvalue weighted by Gasteiger charge is -2.11. The van der Waals surface area contributed by atoms with Gasteiger partial charge in [-0.25, -0.2) is 4.79 Å². The van der Waals surface area contributed by atoms with Crippen LogP contribution in [0, 0.1) is 0 Å². The maximum atomic E-state index is 11.4. The minimum Gasteiger partial charge on any atom is -0.478 e. The van der Waals surface area contributed by atoms with Crippen LogP contribution >= 0.6 is 0 Å². The standard InChI is InChI=1S/C9H13N3O4S/c1-12(2)17(15,16)11-6-8-5-7(9(13)14)3-4-10-8/h3-5,11H,6H2,1-2H3,(H,13,14). The second-order valence-corrected chi connectivity index (χ2v) is 5.42. The van der Waals surface area contributed by atoms with Gasteiger partial charge in [0.1, 0.15) is 0 Å². The van der Waals surface area contributed by atoms with Gasteiger partial charge in [0.2, 0.25) is 0 Å². The van der Waals surface area contributed by atoms with Crippen molar-refractivity contribution in [2.45, 2.75) is 6.54 Å². The van der Waals surface area contributed by atoms with Gasteiger partial charge in [-0.05, 0) is 12.1 Å². The number of carbonyl (C=O) groups is 1. The maximum Gasteiger partial charge on any atom is 0.335 e. The topological polar surface area (TPSA) is 99.6 Å². The van der Waals surface area contributed by atoms with E-state index >= 15 is 0 Å². The lowest BCUT2D eigenvalue weighted by Crippen LogP contribution is -2.35. The summed E-state index contributed by atoms with van der Waals surface area (Å²) in [5.74, 6) is -1.08. The van der Waals surface area contributed by atoms with Crippen LogP contribution in [0.25, 0.3) is 0 Å². The zero-order valence-corrected chi connectivity index (χ0v) is 10.2. The third-order valence-corrected chi connectivity index (χ3v) is 3.45. The molecule has 0 aliphatic rings. The van der Waals surface area contributed by atoms with E-state index in [1.165, 1.54) is 32.4 Å². The molecular formula is C9H13N3O4S. The van der Waals surface area contributed by atoms with E-state index in [0.717, 1.165) is 4.31 Å². The molecule has 8 heteroatoms. The molecule has 0 bridgehead atoms.